The molecule has 0 saturated heterocycles. The lowest BCUT2D eigenvalue weighted by Crippen LogP contribution is -2.35. The van der Waals surface area contributed by atoms with Crippen molar-refractivity contribution in [2.75, 3.05) is 6.54 Å². The Kier molecular flexibility index (Phi) is 4.80. The van der Waals surface area contributed by atoms with Gasteiger partial charge in [0.2, 0.25) is 5.88 Å². The highest BCUT2D eigenvalue weighted by Crippen LogP contribution is 2.14. The summed E-state index contributed by atoms with van der Waals surface area (Å²) in [6.45, 7) is 9.26. The van der Waals surface area contributed by atoms with Crippen LogP contribution in [0, 0.1) is 6.92 Å². The van der Waals surface area contributed by atoms with Gasteiger partial charge in [-0.3, -0.25) is 0 Å². The molecule has 0 aliphatic carbocycles. The summed E-state index contributed by atoms with van der Waals surface area (Å²) in [5, 5.41) is 7.65. The van der Waals surface area contributed by atoms with Crippen molar-refractivity contribution in [1.29, 1.82) is 0 Å². The first-order valence-corrected chi connectivity index (χ1v) is 5.93. The maximum atomic E-state index is 5.90. The molecule has 0 aromatic carbocycles. The lowest BCUT2D eigenvalue weighted by molar-refractivity contribution is 0.174. The standard InChI is InChI=1S/C12H23N3O/c1-6-11(8-13-9(2)3)16-12-7-10(4)14-15(12)5/h7,9,11,13H,6,8H2,1-5H3. The molecule has 1 aromatic rings. The summed E-state index contributed by atoms with van der Waals surface area (Å²) < 4.78 is 7.69. The van der Waals surface area contributed by atoms with Crippen LogP contribution in [0.1, 0.15) is 32.9 Å². The van der Waals surface area contributed by atoms with Crippen molar-refractivity contribution in [3.8, 4) is 5.88 Å². The molecular weight excluding hydrogens is 202 g/mol. The summed E-state index contributed by atoms with van der Waals surface area (Å²) in [7, 11) is 1.91. The fourth-order valence-corrected chi connectivity index (χ4v) is 1.50. The van der Waals surface area contributed by atoms with Crippen molar-refractivity contribution >= 4 is 0 Å². The van der Waals surface area contributed by atoms with E-state index in [1.807, 2.05) is 20.0 Å². The third-order valence-electron chi connectivity index (χ3n) is 2.46. The first-order valence-electron chi connectivity index (χ1n) is 5.93. The number of aromatic nitrogens is 2. The topological polar surface area (TPSA) is 39.1 Å². The third kappa shape index (κ3) is 3.85. The van der Waals surface area contributed by atoms with Gasteiger partial charge in [-0.2, -0.15) is 5.10 Å². The highest BCUT2D eigenvalue weighted by Gasteiger charge is 2.11. The molecule has 0 amide bonds. The van der Waals surface area contributed by atoms with Crippen LogP contribution in [0.25, 0.3) is 0 Å². The smallest absolute Gasteiger partial charge is 0.212 e. The van der Waals surface area contributed by atoms with Gasteiger partial charge in [0.1, 0.15) is 6.10 Å². The normalized spacial score (nSPS) is 13.1. The molecule has 4 heteroatoms. The zero-order chi connectivity index (χ0) is 12.1. The molecule has 0 spiro atoms. The molecule has 16 heavy (non-hydrogen) atoms. The Hall–Kier alpha value is -1.03. The van der Waals surface area contributed by atoms with Gasteiger partial charge in [-0.15, -0.1) is 0 Å². The van der Waals surface area contributed by atoms with Crippen molar-refractivity contribution < 1.29 is 4.74 Å². The van der Waals surface area contributed by atoms with Gasteiger partial charge in [-0.25, -0.2) is 4.68 Å². The number of aryl methyl sites for hydroxylation is 2. The van der Waals surface area contributed by atoms with Gasteiger partial charge in [-0.1, -0.05) is 20.8 Å². The SMILES string of the molecule is CCC(CNC(C)C)Oc1cc(C)nn1C. The molecule has 92 valence electrons. The maximum absolute atomic E-state index is 5.90. The average Bonchev–Trinajstić information content (AvgIpc) is 2.51. The van der Waals surface area contributed by atoms with E-state index in [1.54, 1.807) is 4.68 Å². The molecule has 1 atom stereocenters. The van der Waals surface area contributed by atoms with Crippen LogP contribution in [-0.2, 0) is 7.05 Å². The van der Waals surface area contributed by atoms with Crippen LogP contribution in [-0.4, -0.2) is 28.5 Å². The molecule has 0 radical (unpaired) electrons. The second-order valence-electron chi connectivity index (χ2n) is 4.46. The van der Waals surface area contributed by atoms with E-state index >= 15 is 0 Å². The minimum atomic E-state index is 0.206. The van der Waals surface area contributed by atoms with Crippen LogP contribution in [0.2, 0.25) is 0 Å². The van der Waals surface area contributed by atoms with Crippen LogP contribution in [0.4, 0.5) is 0 Å². The maximum Gasteiger partial charge on any atom is 0.212 e. The van der Waals surface area contributed by atoms with Crippen molar-refractivity contribution in [2.24, 2.45) is 7.05 Å². The molecule has 0 aliphatic heterocycles. The Balaban J connectivity index is 2.52. The van der Waals surface area contributed by atoms with Crippen molar-refractivity contribution in [3.63, 3.8) is 0 Å². The fraction of sp³-hybridized carbons (Fsp3) is 0.750. The van der Waals surface area contributed by atoms with Crippen molar-refractivity contribution in [2.45, 2.75) is 46.3 Å². The van der Waals surface area contributed by atoms with E-state index in [2.05, 4.69) is 31.2 Å². The summed E-state index contributed by atoms with van der Waals surface area (Å²) in [6.07, 6.45) is 1.20. The van der Waals surface area contributed by atoms with Crippen molar-refractivity contribution in [1.82, 2.24) is 15.1 Å². The van der Waals surface area contributed by atoms with Crippen LogP contribution >= 0.6 is 0 Å². The first kappa shape index (κ1) is 13.0. The fourth-order valence-electron chi connectivity index (χ4n) is 1.50. The Morgan fingerprint density at radius 3 is 2.62 bits per heavy atom. The monoisotopic (exact) mass is 225 g/mol. The summed E-state index contributed by atoms with van der Waals surface area (Å²) in [4.78, 5) is 0. The number of hydrogen-bond donors (Lipinski definition) is 1. The van der Waals surface area contributed by atoms with E-state index in [9.17, 15) is 0 Å². The second-order valence-corrected chi connectivity index (χ2v) is 4.46. The number of nitrogens with one attached hydrogen (secondary N) is 1. The van der Waals surface area contributed by atoms with Crippen LogP contribution < -0.4 is 10.1 Å². The molecule has 1 N–H and O–H groups in total. The van der Waals surface area contributed by atoms with E-state index in [0.29, 0.717) is 6.04 Å². The molecule has 0 bridgehead atoms. The molecule has 1 aromatic heterocycles. The summed E-state index contributed by atoms with van der Waals surface area (Å²) in [5.74, 6) is 0.843. The number of ether oxygens (including phenoxy) is 1. The first-order chi connectivity index (χ1) is 7.52. The lowest BCUT2D eigenvalue weighted by atomic mass is 10.2. The quantitative estimate of drug-likeness (QED) is 0.803. The van der Waals surface area contributed by atoms with E-state index in [-0.39, 0.29) is 6.10 Å². The van der Waals surface area contributed by atoms with Crippen LogP contribution in [0.5, 0.6) is 5.88 Å². The zero-order valence-electron chi connectivity index (χ0n) is 10.9. The molecule has 0 aliphatic rings. The van der Waals surface area contributed by atoms with Gasteiger partial charge < -0.3 is 10.1 Å². The molecule has 4 nitrogen and oxygen atoms in total. The predicted octanol–water partition coefficient (Wildman–Crippen LogP) is 1.88. The number of nitrogens with zero attached hydrogens (tertiary/aromatic N) is 2. The lowest BCUT2D eigenvalue weighted by Gasteiger charge is -2.19. The van der Waals surface area contributed by atoms with Crippen molar-refractivity contribution in [3.05, 3.63) is 11.8 Å². The number of hydrogen-bond acceptors (Lipinski definition) is 3. The molecular formula is C12H23N3O. The van der Waals surface area contributed by atoms with E-state index < -0.39 is 0 Å². The zero-order valence-corrected chi connectivity index (χ0v) is 10.9. The summed E-state index contributed by atoms with van der Waals surface area (Å²) >= 11 is 0. The third-order valence-corrected chi connectivity index (χ3v) is 2.46. The molecule has 1 unspecified atom stereocenters. The average molecular weight is 225 g/mol. The van der Waals surface area contributed by atoms with Crippen LogP contribution in [0.3, 0.4) is 0 Å². The Morgan fingerprint density at radius 1 is 1.50 bits per heavy atom. The molecule has 0 saturated carbocycles. The Labute approximate surface area is 98.0 Å². The van der Waals surface area contributed by atoms with Gasteiger partial charge in [0.15, 0.2) is 0 Å². The van der Waals surface area contributed by atoms with Gasteiger partial charge in [0, 0.05) is 25.7 Å². The minimum absolute atomic E-state index is 0.206. The number of rotatable bonds is 6. The van der Waals surface area contributed by atoms with Gasteiger partial charge in [0.25, 0.3) is 0 Å². The molecule has 1 heterocycles. The largest absolute Gasteiger partial charge is 0.473 e. The summed E-state index contributed by atoms with van der Waals surface area (Å²) in [6, 6.07) is 2.46. The second kappa shape index (κ2) is 5.89. The highest BCUT2D eigenvalue weighted by atomic mass is 16.5. The van der Waals surface area contributed by atoms with E-state index in [0.717, 1.165) is 24.5 Å². The van der Waals surface area contributed by atoms with Crippen LogP contribution in [0.15, 0.2) is 6.07 Å². The predicted molar refractivity (Wildman–Crippen MR) is 65.8 cm³/mol. The van der Waals surface area contributed by atoms with Gasteiger partial charge in [-0.05, 0) is 13.3 Å². The van der Waals surface area contributed by atoms with Gasteiger partial charge in [0.05, 0.1) is 5.69 Å². The molecule has 0 fully saturated rings. The van der Waals surface area contributed by atoms with E-state index in [1.165, 1.54) is 0 Å². The van der Waals surface area contributed by atoms with Gasteiger partial charge >= 0.3 is 0 Å². The summed E-state index contributed by atoms with van der Waals surface area (Å²) in [5.41, 5.74) is 0.990. The highest BCUT2D eigenvalue weighted by molar-refractivity contribution is 5.14. The van der Waals surface area contributed by atoms with E-state index in [4.69, 9.17) is 4.74 Å². The Morgan fingerprint density at radius 2 is 2.19 bits per heavy atom. The molecule has 1 rings (SSSR count). The Bertz CT molecular complexity index is 320. The minimum Gasteiger partial charge on any atom is -0.473 e.